The lowest BCUT2D eigenvalue weighted by atomic mass is 10.1. The normalized spacial score (nSPS) is 11.2. The summed E-state index contributed by atoms with van der Waals surface area (Å²) < 4.78 is 18.4. The lowest BCUT2D eigenvalue weighted by Crippen LogP contribution is -2.22. The number of carbonyl (C=O) groups is 1. The monoisotopic (exact) mass is 493 g/mol. The highest BCUT2D eigenvalue weighted by Crippen LogP contribution is 2.25. The van der Waals surface area contributed by atoms with Crippen LogP contribution in [0.1, 0.15) is 11.3 Å². The van der Waals surface area contributed by atoms with Crippen molar-refractivity contribution in [3.05, 3.63) is 125 Å². The summed E-state index contributed by atoms with van der Waals surface area (Å²) in [7, 11) is 1.77. The third kappa shape index (κ3) is 4.77. The fourth-order valence-electron chi connectivity index (χ4n) is 4.10. The van der Waals surface area contributed by atoms with Crippen molar-refractivity contribution < 1.29 is 9.18 Å². The Morgan fingerprint density at radius 1 is 0.919 bits per heavy atom. The van der Waals surface area contributed by atoms with Crippen LogP contribution in [0, 0.1) is 12.7 Å². The second-order valence-corrected chi connectivity index (χ2v) is 8.48. The van der Waals surface area contributed by atoms with Crippen LogP contribution in [0.25, 0.3) is 28.7 Å². The summed E-state index contributed by atoms with van der Waals surface area (Å²) in [6, 6.07) is 24.8. The zero-order valence-corrected chi connectivity index (χ0v) is 20.3. The number of hydrogen-bond acceptors (Lipinski definition) is 3. The second-order valence-electron chi connectivity index (χ2n) is 8.48. The number of aromatic nitrogens is 4. The Morgan fingerprint density at radius 2 is 1.54 bits per heavy atom. The van der Waals surface area contributed by atoms with Crippen LogP contribution < -0.4 is 10.9 Å². The average molecular weight is 494 g/mol. The molecular formula is C29H24FN5O2. The molecule has 0 aliphatic rings. The number of carbonyl (C=O) groups excluding carboxylic acids is 1. The quantitative estimate of drug-likeness (QED) is 0.334. The Bertz CT molecular complexity index is 1650. The topological polar surface area (TPSA) is 73.8 Å². The highest BCUT2D eigenvalue weighted by atomic mass is 19.1. The number of nitrogens with zero attached hydrogens (tertiary/aromatic N) is 4. The van der Waals surface area contributed by atoms with E-state index in [4.69, 9.17) is 0 Å². The van der Waals surface area contributed by atoms with Crippen LogP contribution >= 0.6 is 0 Å². The number of nitrogens with one attached hydrogen (secondary N) is 1. The Labute approximate surface area is 212 Å². The molecule has 5 rings (SSSR count). The molecule has 0 radical (unpaired) electrons. The van der Waals surface area contributed by atoms with Gasteiger partial charge in [-0.3, -0.25) is 14.3 Å². The van der Waals surface area contributed by atoms with E-state index in [2.05, 4.69) is 10.4 Å². The summed E-state index contributed by atoms with van der Waals surface area (Å²) in [6.07, 6.45) is 4.79. The molecule has 0 aliphatic carbocycles. The summed E-state index contributed by atoms with van der Waals surface area (Å²) in [4.78, 5) is 26.0. The van der Waals surface area contributed by atoms with Crippen LogP contribution in [-0.4, -0.2) is 25.1 Å². The van der Waals surface area contributed by atoms with Gasteiger partial charge >= 0.3 is 0 Å². The molecule has 2 aromatic heterocycles. The Hall–Kier alpha value is -4.98. The second kappa shape index (κ2) is 9.94. The van der Waals surface area contributed by atoms with Gasteiger partial charge in [-0.1, -0.05) is 36.4 Å². The van der Waals surface area contributed by atoms with Gasteiger partial charge in [0, 0.05) is 30.4 Å². The van der Waals surface area contributed by atoms with Crippen molar-refractivity contribution in [1.29, 1.82) is 0 Å². The summed E-state index contributed by atoms with van der Waals surface area (Å²) >= 11 is 0. The Balaban J connectivity index is 1.46. The van der Waals surface area contributed by atoms with Gasteiger partial charge in [0.05, 0.1) is 22.8 Å². The predicted molar refractivity (Wildman–Crippen MR) is 142 cm³/mol. The first kappa shape index (κ1) is 23.7. The number of benzene rings is 3. The fourth-order valence-corrected chi connectivity index (χ4v) is 4.10. The van der Waals surface area contributed by atoms with Gasteiger partial charge in [0.2, 0.25) is 5.91 Å². The van der Waals surface area contributed by atoms with Crippen molar-refractivity contribution in [1.82, 2.24) is 19.1 Å². The van der Waals surface area contributed by atoms with Crippen LogP contribution in [0.15, 0.2) is 102 Å². The standard InChI is InChI=1S/C29H24FN5O2/c1-20-27(29(37)35(33(20)2)25-11-7-4-8-12-25)31-26(36)18-15-22-19-34(24-9-5-3-6-10-24)32-28(22)21-13-16-23(30)17-14-21/h3-19H,1-2H3,(H,31,36)/b18-15-. The van der Waals surface area contributed by atoms with E-state index in [-0.39, 0.29) is 17.1 Å². The van der Waals surface area contributed by atoms with Crippen LogP contribution in [0.3, 0.4) is 0 Å². The lowest BCUT2D eigenvalue weighted by Gasteiger charge is -2.07. The maximum Gasteiger partial charge on any atom is 0.295 e. The maximum atomic E-state index is 13.5. The van der Waals surface area contributed by atoms with Gasteiger partial charge in [-0.2, -0.15) is 5.10 Å². The van der Waals surface area contributed by atoms with E-state index < -0.39 is 5.91 Å². The Morgan fingerprint density at radius 3 is 2.19 bits per heavy atom. The minimum Gasteiger partial charge on any atom is -0.316 e. The van der Waals surface area contributed by atoms with Crippen LogP contribution in [0.2, 0.25) is 0 Å². The fraction of sp³-hybridized carbons (Fsp3) is 0.0690. The molecule has 0 fully saturated rings. The SMILES string of the molecule is Cc1c(NC(=O)/C=C\c2cn(-c3ccccc3)nc2-c2ccc(F)cc2)c(=O)n(-c2ccccc2)n1C. The third-order valence-corrected chi connectivity index (χ3v) is 6.10. The highest BCUT2D eigenvalue weighted by Gasteiger charge is 2.17. The van der Waals surface area contributed by atoms with E-state index in [1.165, 1.54) is 22.9 Å². The molecule has 37 heavy (non-hydrogen) atoms. The molecule has 0 bridgehead atoms. The van der Waals surface area contributed by atoms with Gasteiger partial charge in [0.25, 0.3) is 5.56 Å². The van der Waals surface area contributed by atoms with Crippen LogP contribution in [-0.2, 0) is 11.8 Å². The summed E-state index contributed by atoms with van der Waals surface area (Å²) in [6.45, 7) is 1.77. The molecule has 0 atom stereocenters. The van der Waals surface area contributed by atoms with E-state index in [1.807, 2.05) is 60.7 Å². The Kier molecular flexibility index (Phi) is 6.38. The lowest BCUT2D eigenvalue weighted by molar-refractivity contribution is -0.111. The van der Waals surface area contributed by atoms with Crippen molar-refractivity contribution >= 4 is 17.7 Å². The number of amides is 1. The predicted octanol–water partition coefficient (Wildman–Crippen LogP) is 5.13. The molecule has 184 valence electrons. The van der Waals surface area contributed by atoms with Crippen molar-refractivity contribution in [3.63, 3.8) is 0 Å². The first-order valence-corrected chi connectivity index (χ1v) is 11.7. The van der Waals surface area contributed by atoms with Gasteiger partial charge in [-0.25, -0.2) is 13.8 Å². The largest absolute Gasteiger partial charge is 0.316 e. The van der Waals surface area contributed by atoms with Crippen LogP contribution in [0.4, 0.5) is 10.1 Å². The van der Waals surface area contributed by atoms with Crippen LogP contribution in [0.5, 0.6) is 0 Å². The average Bonchev–Trinajstić information content (AvgIpc) is 3.44. The summed E-state index contributed by atoms with van der Waals surface area (Å²) in [5, 5.41) is 7.40. The number of halogens is 1. The molecule has 1 N–H and O–H groups in total. The molecule has 1 amide bonds. The molecule has 8 heteroatoms. The van der Waals surface area contributed by atoms with Gasteiger partial charge in [0.15, 0.2) is 0 Å². The summed E-state index contributed by atoms with van der Waals surface area (Å²) in [5.41, 5.74) is 4.02. The number of rotatable bonds is 6. The van der Waals surface area contributed by atoms with E-state index in [1.54, 1.807) is 47.7 Å². The molecule has 2 heterocycles. The smallest absolute Gasteiger partial charge is 0.295 e. The minimum absolute atomic E-state index is 0.208. The van der Waals surface area contributed by atoms with E-state index in [9.17, 15) is 14.0 Å². The number of para-hydroxylation sites is 2. The molecule has 3 aromatic carbocycles. The first-order chi connectivity index (χ1) is 17.9. The first-order valence-electron chi connectivity index (χ1n) is 11.7. The van der Waals surface area contributed by atoms with Crippen molar-refractivity contribution in [2.75, 3.05) is 5.32 Å². The molecular weight excluding hydrogens is 469 g/mol. The number of anilines is 1. The maximum absolute atomic E-state index is 13.5. The number of hydrogen-bond donors (Lipinski definition) is 1. The zero-order chi connectivity index (χ0) is 25.9. The van der Waals surface area contributed by atoms with E-state index >= 15 is 0 Å². The van der Waals surface area contributed by atoms with Gasteiger partial charge in [-0.15, -0.1) is 0 Å². The molecule has 0 unspecified atom stereocenters. The molecule has 0 aliphatic heterocycles. The highest BCUT2D eigenvalue weighted by molar-refractivity contribution is 6.02. The van der Waals surface area contributed by atoms with Gasteiger partial charge in [0.1, 0.15) is 11.5 Å². The van der Waals surface area contributed by atoms with Gasteiger partial charge < -0.3 is 5.32 Å². The molecule has 5 aromatic rings. The zero-order valence-electron chi connectivity index (χ0n) is 20.3. The van der Waals surface area contributed by atoms with E-state index in [0.717, 1.165) is 5.69 Å². The van der Waals surface area contributed by atoms with Crippen molar-refractivity contribution in [2.45, 2.75) is 6.92 Å². The van der Waals surface area contributed by atoms with E-state index in [0.29, 0.717) is 28.2 Å². The van der Waals surface area contributed by atoms with Crippen molar-refractivity contribution in [3.8, 4) is 22.6 Å². The minimum atomic E-state index is -0.455. The van der Waals surface area contributed by atoms with Crippen molar-refractivity contribution in [2.24, 2.45) is 7.05 Å². The molecule has 0 spiro atoms. The third-order valence-electron chi connectivity index (χ3n) is 6.10. The molecule has 7 nitrogen and oxygen atoms in total. The summed E-state index contributed by atoms with van der Waals surface area (Å²) in [5.74, 6) is -0.800. The molecule has 0 saturated heterocycles. The molecule has 0 saturated carbocycles. The van der Waals surface area contributed by atoms with Gasteiger partial charge in [-0.05, 0) is 61.5 Å².